The van der Waals surface area contributed by atoms with Crippen LogP contribution in [0.5, 0.6) is 23.0 Å². The van der Waals surface area contributed by atoms with Crippen LogP contribution >= 0.6 is 15.9 Å². The van der Waals surface area contributed by atoms with Crippen molar-refractivity contribution in [3.05, 3.63) is 81.8 Å². The predicted molar refractivity (Wildman–Crippen MR) is 140 cm³/mol. The Kier molecular flexibility index (Phi) is 9.61. The summed E-state index contributed by atoms with van der Waals surface area (Å²) in [7, 11) is 4.33. The van der Waals surface area contributed by atoms with Gasteiger partial charge in [0.2, 0.25) is 5.75 Å². The first kappa shape index (κ1) is 27.2. The van der Waals surface area contributed by atoms with E-state index in [1.807, 2.05) is 0 Å². The second kappa shape index (κ2) is 13.1. The van der Waals surface area contributed by atoms with Crippen molar-refractivity contribution in [1.29, 1.82) is 0 Å². The maximum atomic E-state index is 12.5. The Labute approximate surface area is 221 Å². The molecule has 0 aliphatic heterocycles. The Morgan fingerprint density at radius 2 is 1.62 bits per heavy atom. The lowest BCUT2D eigenvalue weighted by Gasteiger charge is -2.14. The van der Waals surface area contributed by atoms with E-state index >= 15 is 0 Å². The predicted octanol–water partition coefficient (Wildman–Crippen LogP) is 3.57. The van der Waals surface area contributed by atoms with E-state index in [0.29, 0.717) is 38.6 Å². The third-order valence-electron chi connectivity index (χ3n) is 4.90. The molecule has 2 amide bonds. The number of methoxy groups -OCH3 is 3. The Hall–Kier alpha value is -4.38. The van der Waals surface area contributed by atoms with Gasteiger partial charge in [-0.1, -0.05) is 24.3 Å². The van der Waals surface area contributed by atoms with E-state index in [0.717, 1.165) is 0 Å². The van der Waals surface area contributed by atoms with Gasteiger partial charge in [-0.15, -0.1) is 0 Å². The smallest absolute Gasteiger partial charge is 0.344 e. The second-order valence-corrected chi connectivity index (χ2v) is 8.19. The van der Waals surface area contributed by atoms with Gasteiger partial charge in [0.15, 0.2) is 11.5 Å². The molecule has 0 aliphatic carbocycles. The van der Waals surface area contributed by atoms with Gasteiger partial charge in [0.05, 0.1) is 39.7 Å². The third-order valence-corrected chi connectivity index (χ3v) is 5.59. The maximum absolute atomic E-state index is 12.5. The maximum Gasteiger partial charge on any atom is 0.344 e. The fourth-order valence-corrected chi connectivity index (χ4v) is 3.59. The van der Waals surface area contributed by atoms with Crippen molar-refractivity contribution in [3.63, 3.8) is 0 Å². The molecule has 0 bridgehead atoms. The number of nitrogens with zero attached hydrogens (tertiary/aromatic N) is 1. The van der Waals surface area contributed by atoms with E-state index in [2.05, 4.69) is 31.8 Å². The van der Waals surface area contributed by atoms with Crippen molar-refractivity contribution in [2.45, 2.75) is 0 Å². The van der Waals surface area contributed by atoms with E-state index in [4.69, 9.17) is 18.9 Å². The van der Waals surface area contributed by atoms with Gasteiger partial charge >= 0.3 is 5.97 Å². The van der Waals surface area contributed by atoms with Crippen LogP contribution in [0, 0.1) is 0 Å². The molecule has 37 heavy (non-hydrogen) atoms. The highest BCUT2D eigenvalue weighted by molar-refractivity contribution is 9.10. The Morgan fingerprint density at radius 1 is 0.919 bits per heavy atom. The van der Waals surface area contributed by atoms with Crippen LogP contribution in [0.4, 0.5) is 0 Å². The number of benzene rings is 3. The van der Waals surface area contributed by atoms with Gasteiger partial charge in [0.25, 0.3) is 11.8 Å². The molecule has 0 heterocycles. The van der Waals surface area contributed by atoms with Gasteiger partial charge < -0.3 is 24.3 Å². The summed E-state index contributed by atoms with van der Waals surface area (Å²) in [4.78, 5) is 37.0. The molecule has 0 saturated carbocycles. The van der Waals surface area contributed by atoms with Gasteiger partial charge in [-0.2, -0.15) is 5.10 Å². The molecule has 2 N–H and O–H groups in total. The average molecular weight is 570 g/mol. The fourth-order valence-electron chi connectivity index (χ4n) is 3.14. The topological polar surface area (TPSA) is 125 Å². The second-order valence-electron chi connectivity index (χ2n) is 7.33. The Bertz CT molecular complexity index is 1300. The summed E-state index contributed by atoms with van der Waals surface area (Å²) in [5.74, 6) is -0.297. The molecule has 0 fully saturated rings. The van der Waals surface area contributed by atoms with Crippen LogP contribution in [0.2, 0.25) is 0 Å². The highest BCUT2D eigenvalue weighted by atomic mass is 79.9. The molecule has 192 valence electrons. The minimum atomic E-state index is -0.548. The molecule has 0 aromatic heterocycles. The molecular formula is C26H24BrN3O7. The number of esters is 1. The standard InChI is InChI=1S/C26H24BrN3O7/c1-34-21-12-17(13-22(35-2)24(21)36-3)25(32)28-15-23(31)30-29-14-16-7-6-8-18(11-16)37-26(33)19-9-4-5-10-20(19)27/h4-14H,15H2,1-3H3,(H,28,32)(H,30,31)/b29-14+. The summed E-state index contributed by atoms with van der Waals surface area (Å²) in [6.07, 6.45) is 1.38. The summed E-state index contributed by atoms with van der Waals surface area (Å²) in [5, 5.41) is 6.38. The first-order valence-corrected chi connectivity index (χ1v) is 11.6. The monoisotopic (exact) mass is 569 g/mol. The first-order valence-electron chi connectivity index (χ1n) is 10.8. The molecule has 0 unspecified atom stereocenters. The molecule has 3 aromatic rings. The van der Waals surface area contributed by atoms with Crippen LogP contribution in [0.1, 0.15) is 26.3 Å². The van der Waals surface area contributed by atoms with E-state index in [-0.39, 0.29) is 12.1 Å². The van der Waals surface area contributed by atoms with Crippen LogP contribution in [0.15, 0.2) is 70.2 Å². The minimum Gasteiger partial charge on any atom is -0.493 e. The largest absolute Gasteiger partial charge is 0.493 e. The van der Waals surface area contributed by atoms with Crippen LogP contribution < -0.4 is 29.7 Å². The quantitative estimate of drug-likeness (QED) is 0.165. The number of rotatable bonds is 10. The molecule has 3 rings (SSSR count). The van der Waals surface area contributed by atoms with Gasteiger partial charge in [-0.05, 0) is 57.9 Å². The van der Waals surface area contributed by atoms with Crippen molar-refractivity contribution in [1.82, 2.24) is 10.7 Å². The number of amides is 2. The molecule has 0 radical (unpaired) electrons. The van der Waals surface area contributed by atoms with Gasteiger partial charge in [-0.3, -0.25) is 9.59 Å². The lowest BCUT2D eigenvalue weighted by Crippen LogP contribution is -2.34. The minimum absolute atomic E-state index is 0.222. The zero-order valence-electron chi connectivity index (χ0n) is 20.2. The molecule has 0 spiro atoms. The third kappa shape index (κ3) is 7.31. The lowest BCUT2D eigenvalue weighted by molar-refractivity contribution is -0.120. The van der Waals surface area contributed by atoms with Crippen molar-refractivity contribution >= 4 is 39.9 Å². The molecule has 0 saturated heterocycles. The van der Waals surface area contributed by atoms with Gasteiger partial charge in [0, 0.05) is 10.0 Å². The number of halogens is 1. The summed E-state index contributed by atoms with van der Waals surface area (Å²) in [6.45, 7) is -0.323. The number of hydrazone groups is 1. The summed E-state index contributed by atoms with van der Waals surface area (Å²) >= 11 is 3.32. The van der Waals surface area contributed by atoms with Crippen molar-refractivity contribution in [2.24, 2.45) is 5.10 Å². The van der Waals surface area contributed by atoms with Crippen molar-refractivity contribution in [2.75, 3.05) is 27.9 Å². The zero-order chi connectivity index (χ0) is 26.8. The SMILES string of the molecule is COc1cc(C(=O)NCC(=O)N/N=C/c2cccc(OC(=O)c3ccccc3Br)c2)cc(OC)c1OC. The molecule has 0 aliphatic rings. The van der Waals surface area contributed by atoms with Crippen LogP contribution in [-0.4, -0.2) is 51.9 Å². The summed E-state index contributed by atoms with van der Waals surface area (Å²) < 4.78 is 21.7. The van der Waals surface area contributed by atoms with Crippen LogP contribution in [0.3, 0.4) is 0 Å². The number of carbonyl (C=O) groups is 3. The van der Waals surface area contributed by atoms with Gasteiger partial charge in [-0.25, -0.2) is 10.2 Å². The molecule has 0 atom stereocenters. The van der Waals surface area contributed by atoms with E-state index in [9.17, 15) is 14.4 Å². The van der Waals surface area contributed by atoms with Crippen molar-refractivity contribution in [3.8, 4) is 23.0 Å². The first-order chi connectivity index (χ1) is 17.9. The van der Waals surface area contributed by atoms with Gasteiger partial charge in [0.1, 0.15) is 5.75 Å². The Morgan fingerprint density at radius 3 is 2.27 bits per heavy atom. The summed E-state index contributed by atoms with van der Waals surface area (Å²) in [6, 6.07) is 16.5. The average Bonchev–Trinajstić information content (AvgIpc) is 2.91. The van der Waals surface area contributed by atoms with E-state index in [1.54, 1.807) is 48.5 Å². The fraction of sp³-hybridized carbons (Fsp3) is 0.154. The zero-order valence-corrected chi connectivity index (χ0v) is 21.8. The molecule has 11 heteroatoms. The highest BCUT2D eigenvalue weighted by Crippen LogP contribution is 2.38. The van der Waals surface area contributed by atoms with Crippen molar-refractivity contribution < 1.29 is 33.3 Å². The lowest BCUT2D eigenvalue weighted by atomic mass is 10.1. The number of hydrogen-bond acceptors (Lipinski definition) is 8. The number of ether oxygens (including phenoxy) is 4. The Balaban J connectivity index is 1.54. The molecular weight excluding hydrogens is 546 g/mol. The molecule has 3 aromatic carbocycles. The summed E-state index contributed by atoms with van der Waals surface area (Å²) in [5.41, 5.74) is 3.52. The number of carbonyl (C=O) groups excluding carboxylic acids is 3. The highest BCUT2D eigenvalue weighted by Gasteiger charge is 2.17. The number of nitrogens with one attached hydrogen (secondary N) is 2. The normalized spacial score (nSPS) is 10.5. The number of hydrogen-bond donors (Lipinski definition) is 2. The van der Waals surface area contributed by atoms with Crippen LogP contribution in [-0.2, 0) is 4.79 Å². The van der Waals surface area contributed by atoms with E-state index in [1.165, 1.54) is 39.7 Å². The molecule has 10 nitrogen and oxygen atoms in total. The van der Waals surface area contributed by atoms with E-state index < -0.39 is 17.8 Å². The van der Waals surface area contributed by atoms with Crippen LogP contribution in [0.25, 0.3) is 0 Å².